The van der Waals surface area contributed by atoms with Crippen LogP contribution >= 0.6 is 23.2 Å². The maximum atomic E-state index is 10.8. The van der Waals surface area contributed by atoms with Gasteiger partial charge in [-0.05, 0) is 0 Å². The third-order valence-corrected chi connectivity index (χ3v) is 1.95. The number of rotatable bonds is 5. The molecule has 2 unspecified atom stereocenters. The molecule has 0 aliphatic rings. The molecule has 0 amide bonds. The van der Waals surface area contributed by atoms with E-state index in [0.29, 0.717) is 0 Å². The van der Waals surface area contributed by atoms with E-state index in [1.807, 2.05) is 0 Å². The maximum Gasteiger partial charge on any atom is 0.207 e. The van der Waals surface area contributed by atoms with E-state index in [2.05, 4.69) is 0 Å². The zero-order chi connectivity index (χ0) is 11.5. The van der Waals surface area contributed by atoms with Gasteiger partial charge >= 0.3 is 0 Å². The highest BCUT2D eigenvalue weighted by Gasteiger charge is 2.35. The van der Waals surface area contributed by atoms with Gasteiger partial charge < -0.3 is 25.5 Å². The fourth-order valence-electron chi connectivity index (χ4n) is 0.659. The minimum atomic E-state index is -2.12. The van der Waals surface area contributed by atoms with Crippen molar-refractivity contribution in [1.82, 2.24) is 0 Å². The first-order valence-electron chi connectivity index (χ1n) is 3.51. The molecule has 0 spiro atoms. The van der Waals surface area contributed by atoms with Gasteiger partial charge in [0, 0.05) is 0 Å². The molecule has 5 N–H and O–H groups in total. The lowest BCUT2D eigenvalue weighted by Gasteiger charge is -2.23. The van der Waals surface area contributed by atoms with Crippen LogP contribution in [0.15, 0.2) is 0 Å². The van der Waals surface area contributed by atoms with Gasteiger partial charge in [-0.1, -0.05) is 23.2 Å². The highest BCUT2D eigenvalue weighted by atomic mass is 35.5. The minimum absolute atomic E-state index is 1.30. The monoisotopic (exact) mass is 248 g/mol. The minimum Gasteiger partial charge on any atom is -0.387 e. The van der Waals surface area contributed by atoms with Crippen molar-refractivity contribution in [3.8, 4) is 0 Å². The van der Waals surface area contributed by atoms with Gasteiger partial charge in [0.15, 0.2) is 11.1 Å². The molecule has 5 atom stereocenters. The van der Waals surface area contributed by atoms with E-state index in [1.54, 1.807) is 0 Å². The predicted octanol–water partition coefficient (Wildman–Crippen LogP) is -2.25. The smallest absolute Gasteiger partial charge is 0.207 e. The molecule has 0 aliphatic carbocycles. The van der Waals surface area contributed by atoms with E-state index in [0.717, 1.165) is 0 Å². The Bertz CT molecular complexity index is 197. The Morgan fingerprint density at radius 3 is 1.64 bits per heavy atom. The zero-order valence-electron chi connectivity index (χ0n) is 6.79. The molecule has 0 rings (SSSR count). The van der Waals surface area contributed by atoms with E-state index < -0.39 is 35.2 Å². The summed E-state index contributed by atoms with van der Waals surface area (Å²) in [6.45, 7) is 0. The standard InChI is InChI=1S/C6H10Cl2O6/c7-5(13)3(11)1(9)2(10)4(12)6(8)14/h1-3,5-6,9-11,13-14H/t1-,2-,3-,5?,6?/m0/s1. The number of hydrogen-bond donors (Lipinski definition) is 5. The average molecular weight is 249 g/mol. The lowest BCUT2D eigenvalue weighted by Crippen LogP contribution is -2.48. The summed E-state index contributed by atoms with van der Waals surface area (Å²) in [5.41, 5.74) is -3.85. The molecule has 8 heteroatoms. The molecule has 0 heterocycles. The quantitative estimate of drug-likeness (QED) is 0.351. The van der Waals surface area contributed by atoms with Gasteiger partial charge in [0.25, 0.3) is 0 Å². The third-order valence-electron chi connectivity index (χ3n) is 1.48. The summed E-state index contributed by atoms with van der Waals surface area (Å²) >= 11 is 9.89. The normalized spacial score (nSPS) is 22.2. The van der Waals surface area contributed by atoms with Crippen LogP contribution in [0.5, 0.6) is 0 Å². The number of carbonyl (C=O) groups is 1. The van der Waals surface area contributed by atoms with Crippen LogP contribution in [-0.4, -0.2) is 60.8 Å². The molecule has 84 valence electrons. The van der Waals surface area contributed by atoms with Crippen LogP contribution in [0.1, 0.15) is 0 Å². The van der Waals surface area contributed by atoms with Gasteiger partial charge in [-0.15, -0.1) is 0 Å². The van der Waals surface area contributed by atoms with E-state index in [4.69, 9.17) is 48.7 Å². The fraction of sp³-hybridized carbons (Fsp3) is 0.833. The molecular weight excluding hydrogens is 239 g/mol. The first-order valence-corrected chi connectivity index (χ1v) is 4.38. The topological polar surface area (TPSA) is 118 Å². The number of ketones is 1. The molecule has 0 fully saturated rings. The number of aliphatic hydroxyl groups excluding tert-OH is 5. The Hall–Kier alpha value is 0.0500. The Morgan fingerprint density at radius 2 is 1.36 bits per heavy atom. The number of aliphatic hydroxyl groups is 5. The molecule has 0 aromatic heterocycles. The van der Waals surface area contributed by atoms with Crippen LogP contribution in [-0.2, 0) is 4.79 Å². The summed E-state index contributed by atoms with van der Waals surface area (Å²) in [6, 6.07) is 0. The number of hydrogen-bond acceptors (Lipinski definition) is 6. The molecule has 0 aromatic rings. The average Bonchev–Trinajstić information content (AvgIpc) is 2.12. The van der Waals surface area contributed by atoms with E-state index in [-0.39, 0.29) is 0 Å². The summed E-state index contributed by atoms with van der Waals surface area (Å²) in [7, 11) is 0. The van der Waals surface area contributed by atoms with Gasteiger partial charge in [-0.25, -0.2) is 0 Å². The second-order valence-electron chi connectivity index (χ2n) is 2.54. The van der Waals surface area contributed by atoms with Gasteiger partial charge in [-0.2, -0.15) is 0 Å². The molecule has 0 aliphatic heterocycles. The van der Waals surface area contributed by atoms with Crippen molar-refractivity contribution in [2.45, 2.75) is 29.4 Å². The number of alkyl halides is 2. The Labute approximate surface area is 89.3 Å². The Morgan fingerprint density at radius 1 is 0.929 bits per heavy atom. The highest BCUT2D eigenvalue weighted by Crippen LogP contribution is 2.10. The van der Waals surface area contributed by atoms with Crippen LogP contribution in [0.3, 0.4) is 0 Å². The predicted molar refractivity (Wildman–Crippen MR) is 46.7 cm³/mol. The lowest BCUT2D eigenvalue weighted by molar-refractivity contribution is -0.145. The summed E-state index contributed by atoms with van der Waals surface area (Å²) in [4.78, 5) is 10.8. The lowest BCUT2D eigenvalue weighted by atomic mass is 10.1. The van der Waals surface area contributed by atoms with Crippen LogP contribution in [0.25, 0.3) is 0 Å². The van der Waals surface area contributed by atoms with Crippen LogP contribution in [0, 0.1) is 0 Å². The van der Waals surface area contributed by atoms with Gasteiger partial charge in [-0.3, -0.25) is 4.79 Å². The van der Waals surface area contributed by atoms with Crippen molar-refractivity contribution in [1.29, 1.82) is 0 Å². The highest BCUT2D eigenvalue weighted by molar-refractivity contribution is 6.30. The number of carbonyl (C=O) groups excluding carboxylic acids is 1. The van der Waals surface area contributed by atoms with Gasteiger partial charge in [0.2, 0.25) is 5.78 Å². The van der Waals surface area contributed by atoms with Gasteiger partial charge in [0.1, 0.15) is 18.3 Å². The first kappa shape index (κ1) is 14.1. The zero-order valence-corrected chi connectivity index (χ0v) is 8.30. The SMILES string of the molecule is O=C(C(O)Cl)[C@@H](O)[C@H](O)[C@H](O)C(O)Cl. The van der Waals surface area contributed by atoms with Crippen molar-refractivity contribution in [3.63, 3.8) is 0 Å². The van der Waals surface area contributed by atoms with E-state index >= 15 is 0 Å². The molecule has 0 radical (unpaired) electrons. The molecule has 0 bridgehead atoms. The van der Waals surface area contributed by atoms with Crippen molar-refractivity contribution in [2.24, 2.45) is 0 Å². The fourth-order valence-corrected chi connectivity index (χ4v) is 0.937. The maximum absolute atomic E-state index is 10.8. The van der Waals surface area contributed by atoms with Crippen molar-refractivity contribution >= 4 is 29.0 Å². The van der Waals surface area contributed by atoms with Crippen molar-refractivity contribution < 1.29 is 30.3 Å². The molecule has 14 heavy (non-hydrogen) atoms. The second-order valence-corrected chi connectivity index (χ2v) is 3.40. The first-order chi connectivity index (χ1) is 6.29. The van der Waals surface area contributed by atoms with Crippen molar-refractivity contribution in [3.05, 3.63) is 0 Å². The van der Waals surface area contributed by atoms with Crippen molar-refractivity contribution in [2.75, 3.05) is 0 Å². The van der Waals surface area contributed by atoms with Crippen LogP contribution in [0.4, 0.5) is 0 Å². The molecule has 0 aromatic carbocycles. The largest absolute Gasteiger partial charge is 0.387 e. The number of halogens is 2. The summed E-state index contributed by atoms with van der Waals surface area (Å²) in [5.74, 6) is -1.30. The molecule has 0 saturated carbocycles. The summed E-state index contributed by atoms with van der Waals surface area (Å²) < 4.78 is 0. The summed E-state index contributed by atoms with van der Waals surface area (Å²) in [6.07, 6.45) is -6.07. The second kappa shape index (κ2) is 5.82. The Kier molecular flexibility index (Phi) is 5.84. The van der Waals surface area contributed by atoms with Crippen LogP contribution in [0.2, 0.25) is 0 Å². The van der Waals surface area contributed by atoms with Crippen LogP contribution < -0.4 is 0 Å². The van der Waals surface area contributed by atoms with E-state index in [9.17, 15) is 4.79 Å². The molecule has 6 nitrogen and oxygen atoms in total. The molecular formula is C6H10Cl2O6. The van der Waals surface area contributed by atoms with Gasteiger partial charge in [0.05, 0.1) is 0 Å². The summed E-state index contributed by atoms with van der Waals surface area (Å²) in [5, 5.41) is 44.1. The Balaban J connectivity index is 4.38. The number of Topliss-reactive ketones (excluding diaryl/α,β-unsaturated/α-hetero) is 1. The third kappa shape index (κ3) is 3.66. The molecule has 0 saturated heterocycles. The van der Waals surface area contributed by atoms with E-state index in [1.165, 1.54) is 0 Å².